The van der Waals surface area contributed by atoms with Crippen molar-refractivity contribution in [1.29, 1.82) is 0 Å². The van der Waals surface area contributed by atoms with Gasteiger partial charge in [-0.25, -0.2) is 0 Å². The summed E-state index contributed by atoms with van der Waals surface area (Å²) >= 11 is 2.59. The maximum atomic E-state index is 9.53. The van der Waals surface area contributed by atoms with Crippen LogP contribution in [-0.2, 0) is 6.54 Å². The summed E-state index contributed by atoms with van der Waals surface area (Å²) in [6, 6.07) is 4.83. The predicted molar refractivity (Wildman–Crippen MR) is 85.8 cm³/mol. The van der Waals surface area contributed by atoms with Crippen molar-refractivity contribution >= 4 is 22.6 Å². The summed E-state index contributed by atoms with van der Waals surface area (Å²) < 4.78 is 0.342. The predicted octanol–water partition coefficient (Wildman–Crippen LogP) is 3.38. The first-order chi connectivity index (χ1) is 8.79. The quantitative estimate of drug-likeness (QED) is 0.615. The number of hydrogen-bond donors (Lipinski definition) is 2. The molecule has 0 spiro atoms. The molecule has 1 aromatic rings. The second-order valence-electron chi connectivity index (χ2n) is 6.01. The molecule has 0 bridgehead atoms. The molecule has 1 aliphatic heterocycles. The van der Waals surface area contributed by atoms with Crippen LogP contribution in [0.4, 0.5) is 0 Å². The topological polar surface area (TPSA) is 43.7 Å². The molecule has 1 saturated heterocycles. The molecule has 0 amide bonds. The van der Waals surface area contributed by atoms with Crippen LogP contribution >= 0.6 is 22.6 Å². The Morgan fingerprint density at radius 1 is 1.16 bits per heavy atom. The van der Waals surface area contributed by atoms with Crippen LogP contribution in [0.15, 0.2) is 18.2 Å². The normalized spacial score (nSPS) is 32.4. The van der Waals surface area contributed by atoms with Crippen LogP contribution in [0, 0.1) is 11.8 Å². The van der Waals surface area contributed by atoms with Crippen molar-refractivity contribution in [2.45, 2.75) is 30.7 Å². The van der Waals surface area contributed by atoms with Crippen LogP contribution in [0.5, 0.6) is 11.5 Å². The molecule has 0 radical (unpaired) electrons. The van der Waals surface area contributed by atoms with Crippen molar-refractivity contribution in [1.82, 2.24) is 4.90 Å². The molecule has 3 nitrogen and oxygen atoms in total. The van der Waals surface area contributed by atoms with E-state index < -0.39 is 0 Å². The summed E-state index contributed by atoms with van der Waals surface area (Å²) in [6.45, 7) is 9.83. The van der Waals surface area contributed by atoms with E-state index in [0.29, 0.717) is 15.3 Å². The molecule has 2 atom stereocenters. The van der Waals surface area contributed by atoms with Gasteiger partial charge in [-0.3, -0.25) is 4.90 Å². The van der Waals surface area contributed by atoms with Crippen LogP contribution in [-0.4, -0.2) is 31.6 Å². The highest BCUT2D eigenvalue weighted by Crippen LogP contribution is 2.40. The van der Waals surface area contributed by atoms with Gasteiger partial charge in [0.1, 0.15) is 11.5 Å². The Hall–Kier alpha value is -0.490. The molecule has 0 saturated carbocycles. The first kappa shape index (κ1) is 14.9. The van der Waals surface area contributed by atoms with Gasteiger partial charge in [-0.05, 0) is 36.5 Å². The average molecular weight is 375 g/mol. The Kier molecular flexibility index (Phi) is 4.30. The van der Waals surface area contributed by atoms with E-state index in [1.807, 2.05) is 0 Å². The molecule has 2 unspecified atom stereocenters. The minimum absolute atomic E-state index is 0.131. The first-order valence-corrected chi connectivity index (χ1v) is 7.80. The third-order valence-corrected chi connectivity index (χ3v) is 6.49. The average Bonchev–Trinajstić information content (AvgIpc) is 2.25. The van der Waals surface area contributed by atoms with Gasteiger partial charge >= 0.3 is 0 Å². The molecule has 4 heteroatoms. The minimum atomic E-state index is 0.131. The Bertz CT molecular complexity index is 427. The van der Waals surface area contributed by atoms with Gasteiger partial charge in [-0.1, -0.05) is 36.4 Å². The van der Waals surface area contributed by atoms with E-state index in [1.54, 1.807) is 12.1 Å². The maximum Gasteiger partial charge on any atom is 0.119 e. The molecular formula is C15H22INO2. The number of halogens is 1. The van der Waals surface area contributed by atoms with Crippen molar-refractivity contribution in [2.24, 2.45) is 11.8 Å². The lowest BCUT2D eigenvalue weighted by Gasteiger charge is -2.46. The van der Waals surface area contributed by atoms with Gasteiger partial charge in [-0.15, -0.1) is 0 Å². The highest BCUT2D eigenvalue weighted by molar-refractivity contribution is 14.1. The van der Waals surface area contributed by atoms with Crippen LogP contribution in [0.25, 0.3) is 0 Å². The molecule has 1 aromatic carbocycles. The van der Waals surface area contributed by atoms with E-state index in [4.69, 9.17) is 0 Å². The third kappa shape index (κ3) is 3.34. The van der Waals surface area contributed by atoms with Crippen LogP contribution in [0.3, 0.4) is 0 Å². The highest BCUT2D eigenvalue weighted by atomic mass is 127. The summed E-state index contributed by atoms with van der Waals surface area (Å²) in [4.78, 5) is 2.41. The number of phenols is 2. The number of benzene rings is 1. The molecular weight excluding hydrogens is 353 g/mol. The van der Waals surface area contributed by atoms with E-state index in [1.165, 1.54) is 6.07 Å². The molecule has 0 aliphatic carbocycles. The highest BCUT2D eigenvalue weighted by Gasteiger charge is 2.39. The minimum Gasteiger partial charge on any atom is -0.508 e. The summed E-state index contributed by atoms with van der Waals surface area (Å²) in [6.07, 6.45) is 0. The molecule has 1 fully saturated rings. The Morgan fingerprint density at radius 3 is 2.11 bits per heavy atom. The molecule has 2 N–H and O–H groups in total. The number of alkyl halides is 1. The second kappa shape index (κ2) is 5.48. The van der Waals surface area contributed by atoms with Gasteiger partial charge in [-0.2, -0.15) is 0 Å². The van der Waals surface area contributed by atoms with Gasteiger partial charge in [0.15, 0.2) is 0 Å². The molecule has 1 aliphatic rings. The van der Waals surface area contributed by atoms with Crippen LogP contribution in [0.2, 0.25) is 0 Å². The zero-order valence-electron chi connectivity index (χ0n) is 11.7. The van der Waals surface area contributed by atoms with Crippen LogP contribution < -0.4 is 0 Å². The lowest BCUT2D eigenvalue weighted by atomic mass is 9.80. The van der Waals surface area contributed by atoms with Gasteiger partial charge in [0.05, 0.1) is 0 Å². The summed E-state index contributed by atoms with van der Waals surface area (Å²) in [5.41, 5.74) is 0.967. The van der Waals surface area contributed by atoms with Gasteiger partial charge in [0, 0.05) is 29.1 Å². The number of aromatic hydroxyl groups is 2. The van der Waals surface area contributed by atoms with E-state index >= 15 is 0 Å². The standard InChI is InChI=1S/C15H22INO2/c1-10-7-17(8-11(2)15(10,3)16)9-12-4-13(18)6-14(19)5-12/h4-6,10-11,18-19H,7-9H2,1-3H3. The second-order valence-corrected chi connectivity index (χ2v) is 8.33. The van der Waals surface area contributed by atoms with Crippen molar-refractivity contribution < 1.29 is 10.2 Å². The number of hydrogen-bond acceptors (Lipinski definition) is 3. The largest absolute Gasteiger partial charge is 0.508 e. The summed E-state index contributed by atoms with van der Waals surface area (Å²) in [5.74, 6) is 1.52. The fraction of sp³-hybridized carbons (Fsp3) is 0.600. The van der Waals surface area contributed by atoms with Gasteiger partial charge < -0.3 is 10.2 Å². The summed E-state index contributed by atoms with van der Waals surface area (Å²) in [7, 11) is 0. The zero-order chi connectivity index (χ0) is 14.2. The molecule has 2 rings (SSSR count). The molecule has 0 aromatic heterocycles. The number of phenolic OH excluding ortho intramolecular Hbond substituents is 2. The maximum absolute atomic E-state index is 9.53. The van der Waals surface area contributed by atoms with Gasteiger partial charge in [0.25, 0.3) is 0 Å². The lowest BCUT2D eigenvalue weighted by Crippen LogP contribution is -2.50. The zero-order valence-corrected chi connectivity index (χ0v) is 13.9. The van der Waals surface area contributed by atoms with E-state index in [9.17, 15) is 10.2 Å². The number of rotatable bonds is 2. The Balaban J connectivity index is 2.08. The Labute approximate surface area is 128 Å². The van der Waals surface area contributed by atoms with E-state index in [2.05, 4.69) is 48.3 Å². The molecule has 1 heterocycles. The SMILES string of the molecule is CC1CN(Cc2cc(O)cc(O)c2)CC(C)C1(C)I. The van der Waals surface area contributed by atoms with Crippen molar-refractivity contribution in [3.05, 3.63) is 23.8 Å². The first-order valence-electron chi connectivity index (χ1n) is 6.72. The van der Waals surface area contributed by atoms with Crippen molar-refractivity contribution in [3.8, 4) is 11.5 Å². The van der Waals surface area contributed by atoms with E-state index in [-0.39, 0.29) is 11.5 Å². The fourth-order valence-corrected chi connectivity index (χ4v) is 3.22. The van der Waals surface area contributed by atoms with Gasteiger partial charge in [0.2, 0.25) is 0 Å². The van der Waals surface area contributed by atoms with E-state index in [0.717, 1.165) is 25.2 Å². The lowest BCUT2D eigenvalue weighted by molar-refractivity contribution is 0.110. The molecule has 19 heavy (non-hydrogen) atoms. The third-order valence-electron chi connectivity index (χ3n) is 4.36. The number of piperidine rings is 1. The fourth-order valence-electron chi connectivity index (χ4n) is 2.83. The smallest absolute Gasteiger partial charge is 0.119 e. The van der Waals surface area contributed by atoms with Crippen LogP contribution in [0.1, 0.15) is 26.3 Å². The summed E-state index contributed by atoms with van der Waals surface area (Å²) in [5, 5.41) is 19.1. The van der Waals surface area contributed by atoms with Crippen molar-refractivity contribution in [3.63, 3.8) is 0 Å². The number of likely N-dealkylation sites (tertiary alicyclic amines) is 1. The Morgan fingerprint density at radius 2 is 1.63 bits per heavy atom. The molecule has 106 valence electrons. The number of nitrogens with zero attached hydrogens (tertiary/aromatic N) is 1. The monoisotopic (exact) mass is 375 g/mol. The van der Waals surface area contributed by atoms with Crippen molar-refractivity contribution in [2.75, 3.05) is 13.1 Å².